The normalized spacial score (nSPS) is 11.2. The smallest absolute Gasteiger partial charge is 0.264 e. The molecule has 2 heterocycles. The molecule has 0 aliphatic carbocycles. The molecule has 2 aromatic rings. The van der Waals surface area contributed by atoms with Crippen molar-refractivity contribution in [2.24, 2.45) is 0 Å². The van der Waals surface area contributed by atoms with Crippen LogP contribution in [0.25, 0.3) is 11.4 Å². The second kappa shape index (κ2) is 5.21. The minimum absolute atomic E-state index is 0.0882. The summed E-state index contributed by atoms with van der Waals surface area (Å²) in [5.74, 6) is 0.587. The monoisotopic (exact) mass is 358 g/mol. The fraction of sp³-hybridized carbons (Fsp3) is 0.417. The van der Waals surface area contributed by atoms with Gasteiger partial charge in [0.05, 0.1) is 21.0 Å². The lowest BCUT2D eigenvalue weighted by molar-refractivity contribution is 0.532. The van der Waals surface area contributed by atoms with E-state index in [2.05, 4.69) is 28.9 Å². The fourth-order valence-electron chi connectivity index (χ4n) is 1.62. The van der Waals surface area contributed by atoms with E-state index in [1.807, 2.05) is 40.4 Å². The van der Waals surface area contributed by atoms with Crippen LogP contribution in [0.2, 0.25) is 0 Å². The van der Waals surface area contributed by atoms with Crippen molar-refractivity contribution in [1.82, 2.24) is 19.7 Å². The fourth-order valence-corrected chi connectivity index (χ4v) is 2.26. The van der Waals surface area contributed by atoms with Gasteiger partial charge in [0.25, 0.3) is 5.56 Å². The van der Waals surface area contributed by atoms with Crippen molar-refractivity contribution < 1.29 is 0 Å². The van der Waals surface area contributed by atoms with Crippen molar-refractivity contribution in [3.8, 4) is 11.4 Å². The summed E-state index contributed by atoms with van der Waals surface area (Å²) in [7, 11) is 0. The van der Waals surface area contributed by atoms with E-state index >= 15 is 0 Å². The first-order valence-electron chi connectivity index (χ1n) is 5.86. The molecule has 0 aliphatic heterocycles. The number of aromatic nitrogens is 4. The number of aryl methyl sites for hydroxylation is 1. The molecule has 0 saturated carbocycles. The highest BCUT2D eigenvalue weighted by atomic mass is 127. The van der Waals surface area contributed by atoms with Gasteiger partial charge < -0.3 is 4.98 Å². The Balaban J connectivity index is 2.50. The van der Waals surface area contributed by atoms with Gasteiger partial charge in [-0.1, -0.05) is 6.92 Å². The van der Waals surface area contributed by atoms with Gasteiger partial charge in [-0.15, -0.1) is 0 Å². The molecule has 1 N–H and O–H groups in total. The lowest BCUT2D eigenvalue weighted by atomic mass is 10.3. The van der Waals surface area contributed by atoms with Crippen LogP contribution in [0.4, 0.5) is 0 Å². The Kier molecular flexibility index (Phi) is 3.84. The van der Waals surface area contributed by atoms with E-state index in [9.17, 15) is 4.79 Å². The number of hydrogen-bond acceptors (Lipinski definition) is 3. The zero-order chi connectivity index (χ0) is 13.3. The van der Waals surface area contributed by atoms with Crippen molar-refractivity contribution in [3.63, 3.8) is 0 Å². The molecule has 0 fully saturated rings. The summed E-state index contributed by atoms with van der Waals surface area (Å²) in [6.07, 6.45) is 4.37. The second-order valence-electron chi connectivity index (χ2n) is 4.33. The van der Waals surface area contributed by atoms with Crippen LogP contribution in [-0.4, -0.2) is 19.7 Å². The first kappa shape index (κ1) is 13.3. The van der Waals surface area contributed by atoms with Gasteiger partial charge in [0, 0.05) is 12.2 Å². The highest BCUT2D eigenvalue weighted by Gasteiger charge is 2.11. The minimum Gasteiger partial charge on any atom is -0.306 e. The standard InChI is InChI=1S/C12H15IN4O/c1-4-9-10(13)12(18)16-11(15-9)8-5-14-17(6-8)7(2)3/h5-7H,4H2,1-3H3,(H,15,16,18). The van der Waals surface area contributed by atoms with Crippen LogP contribution >= 0.6 is 22.6 Å². The van der Waals surface area contributed by atoms with Crippen LogP contribution < -0.4 is 5.56 Å². The quantitative estimate of drug-likeness (QED) is 0.857. The third-order valence-electron chi connectivity index (χ3n) is 2.67. The Morgan fingerprint density at radius 1 is 1.50 bits per heavy atom. The van der Waals surface area contributed by atoms with E-state index in [1.54, 1.807) is 6.20 Å². The topological polar surface area (TPSA) is 63.6 Å². The Labute approximate surface area is 119 Å². The van der Waals surface area contributed by atoms with Crippen molar-refractivity contribution in [3.05, 3.63) is 32.0 Å². The molecule has 0 radical (unpaired) electrons. The summed E-state index contributed by atoms with van der Waals surface area (Å²) < 4.78 is 2.51. The first-order chi connectivity index (χ1) is 8.52. The highest BCUT2D eigenvalue weighted by Crippen LogP contribution is 2.16. The lowest BCUT2D eigenvalue weighted by Gasteiger charge is -2.04. The average molecular weight is 358 g/mol. The number of rotatable bonds is 3. The molecule has 0 bridgehead atoms. The summed E-state index contributed by atoms with van der Waals surface area (Å²) >= 11 is 2.03. The minimum atomic E-state index is -0.0882. The van der Waals surface area contributed by atoms with Crippen molar-refractivity contribution in [2.45, 2.75) is 33.2 Å². The number of nitrogens with one attached hydrogen (secondary N) is 1. The molecule has 0 aliphatic rings. The maximum atomic E-state index is 11.8. The second-order valence-corrected chi connectivity index (χ2v) is 5.41. The first-order valence-corrected chi connectivity index (χ1v) is 6.94. The summed E-state index contributed by atoms with van der Waals surface area (Å²) in [6.45, 7) is 6.10. The molecule has 2 aromatic heterocycles. The Morgan fingerprint density at radius 2 is 2.22 bits per heavy atom. The van der Waals surface area contributed by atoms with Crippen molar-refractivity contribution in [1.29, 1.82) is 0 Å². The number of nitrogens with zero attached hydrogens (tertiary/aromatic N) is 3. The SMILES string of the molecule is CCc1nc(-c2cnn(C(C)C)c2)[nH]c(=O)c1I. The molecular weight excluding hydrogens is 343 g/mol. The van der Waals surface area contributed by atoms with Gasteiger partial charge >= 0.3 is 0 Å². The third-order valence-corrected chi connectivity index (χ3v) is 3.78. The van der Waals surface area contributed by atoms with Gasteiger partial charge in [0.15, 0.2) is 0 Å². The van der Waals surface area contributed by atoms with Crippen LogP contribution in [0.15, 0.2) is 17.2 Å². The molecule has 0 amide bonds. The molecule has 0 atom stereocenters. The summed E-state index contributed by atoms with van der Waals surface area (Å²) in [6, 6.07) is 0.292. The van der Waals surface area contributed by atoms with Crippen LogP contribution in [-0.2, 0) is 6.42 Å². The van der Waals surface area contributed by atoms with Gasteiger partial charge in [-0.25, -0.2) is 4.98 Å². The lowest BCUT2D eigenvalue weighted by Crippen LogP contribution is -2.15. The van der Waals surface area contributed by atoms with Gasteiger partial charge in [-0.05, 0) is 42.9 Å². The Morgan fingerprint density at radius 3 is 2.78 bits per heavy atom. The zero-order valence-corrected chi connectivity index (χ0v) is 12.7. The molecule has 0 unspecified atom stereocenters. The average Bonchev–Trinajstić information content (AvgIpc) is 2.82. The third kappa shape index (κ3) is 2.47. The highest BCUT2D eigenvalue weighted by molar-refractivity contribution is 14.1. The number of H-pyrrole nitrogens is 1. The van der Waals surface area contributed by atoms with E-state index in [0.29, 0.717) is 15.4 Å². The summed E-state index contributed by atoms with van der Waals surface area (Å²) in [5.41, 5.74) is 1.58. The molecular formula is C12H15IN4O. The predicted octanol–water partition coefficient (Wildman–Crippen LogP) is 2.38. The van der Waals surface area contributed by atoms with Gasteiger partial charge in [-0.3, -0.25) is 9.48 Å². The van der Waals surface area contributed by atoms with E-state index in [0.717, 1.165) is 17.7 Å². The van der Waals surface area contributed by atoms with Gasteiger partial charge in [0.2, 0.25) is 0 Å². The Bertz CT molecular complexity index is 615. The molecule has 5 nitrogen and oxygen atoms in total. The van der Waals surface area contributed by atoms with Gasteiger partial charge in [0.1, 0.15) is 5.82 Å². The van der Waals surface area contributed by atoms with Gasteiger partial charge in [-0.2, -0.15) is 5.10 Å². The van der Waals surface area contributed by atoms with E-state index < -0.39 is 0 Å². The Hall–Kier alpha value is -1.18. The summed E-state index contributed by atoms with van der Waals surface area (Å²) in [5, 5.41) is 4.25. The van der Waals surface area contributed by atoms with Crippen molar-refractivity contribution in [2.75, 3.05) is 0 Å². The summed E-state index contributed by atoms with van der Waals surface area (Å²) in [4.78, 5) is 19.1. The number of aromatic amines is 1. The predicted molar refractivity (Wildman–Crippen MR) is 78.6 cm³/mol. The maximum Gasteiger partial charge on any atom is 0.264 e. The van der Waals surface area contributed by atoms with E-state index in [4.69, 9.17) is 0 Å². The molecule has 0 aromatic carbocycles. The van der Waals surface area contributed by atoms with Crippen LogP contribution in [0, 0.1) is 3.57 Å². The van der Waals surface area contributed by atoms with Crippen LogP contribution in [0.5, 0.6) is 0 Å². The molecule has 96 valence electrons. The van der Waals surface area contributed by atoms with E-state index in [-0.39, 0.29) is 5.56 Å². The largest absolute Gasteiger partial charge is 0.306 e. The molecule has 0 spiro atoms. The maximum absolute atomic E-state index is 11.8. The molecule has 18 heavy (non-hydrogen) atoms. The van der Waals surface area contributed by atoms with Crippen LogP contribution in [0.3, 0.4) is 0 Å². The van der Waals surface area contributed by atoms with E-state index in [1.165, 1.54) is 0 Å². The van der Waals surface area contributed by atoms with Crippen molar-refractivity contribution >= 4 is 22.6 Å². The molecule has 6 heteroatoms. The molecule has 0 saturated heterocycles. The zero-order valence-electron chi connectivity index (χ0n) is 10.6. The van der Waals surface area contributed by atoms with Crippen LogP contribution in [0.1, 0.15) is 32.5 Å². The molecule has 2 rings (SSSR count). The number of halogens is 1. The number of hydrogen-bond donors (Lipinski definition) is 1.